The molecule has 1 fully saturated rings. The second kappa shape index (κ2) is 8.83. The highest BCUT2D eigenvalue weighted by molar-refractivity contribution is 6.36. The Bertz CT molecular complexity index is 703. The van der Waals surface area contributed by atoms with E-state index in [4.69, 9.17) is 15.2 Å². The normalized spacial score (nSPS) is 16.3. The fourth-order valence-corrected chi connectivity index (χ4v) is 3.13. The van der Waals surface area contributed by atoms with Crippen molar-refractivity contribution in [1.29, 1.82) is 0 Å². The number of benzene rings is 1. The number of fused-ring (bicyclic) bond motifs is 1. The van der Waals surface area contributed by atoms with Gasteiger partial charge in [0, 0.05) is 39.3 Å². The van der Waals surface area contributed by atoms with E-state index >= 15 is 0 Å². The molecule has 1 saturated heterocycles. The number of ether oxygens (including phenoxy) is 2. The second-order valence-corrected chi connectivity index (χ2v) is 6.50. The Morgan fingerprint density at radius 2 is 1.89 bits per heavy atom. The molecule has 0 unspecified atom stereocenters. The highest BCUT2D eigenvalue weighted by Crippen LogP contribution is 2.32. The van der Waals surface area contributed by atoms with Crippen molar-refractivity contribution in [2.75, 3.05) is 46.1 Å². The predicted molar refractivity (Wildman–Crippen MR) is 95.9 cm³/mol. The summed E-state index contributed by atoms with van der Waals surface area (Å²) in [5.74, 6) is 0.0740. The number of carbonyl (C=O) groups is 3. The monoisotopic (exact) mass is 376 g/mol. The van der Waals surface area contributed by atoms with Gasteiger partial charge >= 0.3 is 11.8 Å². The zero-order valence-electron chi connectivity index (χ0n) is 15.1. The minimum Gasteiger partial charge on any atom is -0.454 e. The molecule has 1 aromatic carbocycles. The molecule has 2 aliphatic heterocycles. The van der Waals surface area contributed by atoms with Crippen molar-refractivity contribution in [1.82, 2.24) is 14.7 Å². The van der Waals surface area contributed by atoms with Crippen LogP contribution in [-0.2, 0) is 20.9 Å². The summed E-state index contributed by atoms with van der Waals surface area (Å²) in [6.07, 6.45) is 0.868. The maximum atomic E-state index is 12.4. The fourth-order valence-electron chi connectivity index (χ4n) is 3.13. The standard InChI is InChI=1S/C18H24N4O5/c19-4-1-5-22(12-23)18(25)17(24)21-8-6-20(7-9-21)11-14-2-3-15-16(10-14)27-13-26-15/h2-3,10,12H,1,4-9,11,13,19H2. The van der Waals surface area contributed by atoms with Crippen LogP contribution in [0.2, 0.25) is 0 Å². The van der Waals surface area contributed by atoms with Gasteiger partial charge in [-0.3, -0.25) is 24.2 Å². The van der Waals surface area contributed by atoms with Crippen molar-refractivity contribution in [3.05, 3.63) is 23.8 Å². The molecule has 2 aliphatic rings. The van der Waals surface area contributed by atoms with Crippen LogP contribution in [0.15, 0.2) is 18.2 Å². The lowest BCUT2D eigenvalue weighted by atomic mass is 10.1. The molecule has 0 aliphatic carbocycles. The zero-order chi connectivity index (χ0) is 19.2. The van der Waals surface area contributed by atoms with Crippen LogP contribution in [0.3, 0.4) is 0 Å². The van der Waals surface area contributed by atoms with Crippen LogP contribution in [0.1, 0.15) is 12.0 Å². The largest absolute Gasteiger partial charge is 0.454 e. The molecule has 27 heavy (non-hydrogen) atoms. The average molecular weight is 376 g/mol. The van der Waals surface area contributed by atoms with Gasteiger partial charge < -0.3 is 20.1 Å². The number of amides is 3. The van der Waals surface area contributed by atoms with E-state index in [0.29, 0.717) is 45.6 Å². The van der Waals surface area contributed by atoms with Crippen LogP contribution in [0, 0.1) is 0 Å². The van der Waals surface area contributed by atoms with Crippen molar-refractivity contribution in [3.8, 4) is 11.5 Å². The molecule has 1 aromatic rings. The summed E-state index contributed by atoms with van der Waals surface area (Å²) in [4.78, 5) is 40.2. The third-order valence-corrected chi connectivity index (χ3v) is 4.68. The van der Waals surface area contributed by atoms with Crippen molar-refractivity contribution in [2.45, 2.75) is 13.0 Å². The number of carbonyl (C=O) groups excluding carboxylic acids is 3. The van der Waals surface area contributed by atoms with Crippen molar-refractivity contribution < 1.29 is 23.9 Å². The number of hydrogen-bond donors (Lipinski definition) is 1. The van der Waals surface area contributed by atoms with E-state index in [-0.39, 0.29) is 13.3 Å². The number of piperazine rings is 1. The summed E-state index contributed by atoms with van der Waals surface area (Å²) in [6, 6.07) is 5.85. The number of imide groups is 1. The first-order valence-corrected chi connectivity index (χ1v) is 8.98. The summed E-state index contributed by atoms with van der Waals surface area (Å²) < 4.78 is 10.7. The van der Waals surface area contributed by atoms with Gasteiger partial charge in [0.15, 0.2) is 11.5 Å². The molecule has 146 valence electrons. The highest BCUT2D eigenvalue weighted by atomic mass is 16.7. The van der Waals surface area contributed by atoms with Crippen LogP contribution >= 0.6 is 0 Å². The molecule has 0 bridgehead atoms. The molecule has 9 nitrogen and oxygen atoms in total. The smallest absolute Gasteiger partial charge is 0.318 e. The molecule has 0 radical (unpaired) electrons. The van der Waals surface area contributed by atoms with Gasteiger partial charge in [-0.25, -0.2) is 0 Å². The fraction of sp³-hybridized carbons (Fsp3) is 0.500. The molecule has 9 heteroatoms. The molecule has 0 spiro atoms. The van der Waals surface area contributed by atoms with E-state index in [1.807, 2.05) is 18.2 Å². The molecule has 0 aromatic heterocycles. The molecule has 2 N–H and O–H groups in total. The summed E-state index contributed by atoms with van der Waals surface area (Å²) in [5.41, 5.74) is 6.49. The molecular formula is C18H24N4O5. The predicted octanol–water partition coefficient (Wildman–Crippen LogP) is -0.607. The summed E-state index contributed by atoms with van der Waals surface area (Å²) in [6.45, 7) is 3.67. The third kappa shape index (κ3) is 4.55. The Balaban J connectivity index is 1.50. The van der Waals surface area contributed by atoms with Crippen LogP contribution < -0.4 is 15.2 Å². The van der Waals surface area contributed by atoms with Gasteiger partial charge in [0.25, 0.3) is 0 Å². The first kappa shape index (κ1) is 19.1. The molecule has 3 rings (SSSR count). The number of nitrogens with zero attached hydrogens (tertiary/aromatic N) is 3. The van der Waals surface area contributed by atoms with E-state index in [2.05, 4.69) is 4.90 Å². The minimum atomic E-state index is -0.789. The zero-order valence-corrected chi connectivity index (χ0v) is 15.1. The quantitative estimate of drug-likeness (QED) is 0.522. The minimum absolute atomic E-state index is 0.161. The lowest BCUT2D eigenvalue weighted by molar-refractivity contribution is -0.154. The van der Waals surface area contributed by atoms with Crippen molar-refractivity contribution in [3.63, 3.8) is 0 Å². The molecule has 3 amide bonds. The van der Waals surface area contributed by atoms with E-state index in [0.717, 1.165) is 28.5 Å². The Morgan fingerprint density at radius 3 is 2.59 bits per heavy atom. The van der Waals surface area contributed by atoms with Gasteiger partial charge in [-0.05, 0) is 30.7 Å². The van der Waals surface area contributed by atoms with Crippen molar-refractivity contribution in [2.24, 2.45) is 5.73 Å². The Kier molecular flexibility index (Phi) is 6.25. The molecule has 0 atom stereocenters. The van der Waals surface area contributed by atoms with E-state index in [1.165, 1.54) is 4.90 Å². The van der Waals surface area contributed by atoms with Crippen LogP contribution in [0.5, 0.6) is 11.5 Å². The van der Waals surface area contributed by atoms with Gasteiger partial charge in [0.05, 0.1) is 0 Å². The van der Waals surface area contributed by atoms with Gasteiger partial charge in [-0.1, -0.05) is 6.07 Å². The van der Waals surface area contributed by atoms with Crippen LogP contribution in [0.25, 0.3) is 0 Å². The van der Waals surface area contributed by atoms with Crippen LogP contribution in [0.4, 0.5) is 0 Å². The topological polar surface area (TPSA) is 105 Å². The maximum absolute atomic E-state index is 12.4. The molecule has 0 saturated carbocycles. The number of rotatable bonds is 6. The summed E-state index contributed by atoms with van der Waals surface area (Å²) in [5, 5.41) is 0. The lowest BCUT2D eigenvalue weighted by Gasteiger charge is -2.34. The van der Waals surface area contributed by atoms with Gasteiger partial charge in [0.1, 0.15) is 0 Å². The lowest BCUT2D eigenvalue weighted by Crippen LogP contribution is -2.53. The number of hydrogen-bond acceptors (Lipinski definition) is 7. The van der Waals surface area contributed by atoms with Gasteiger partial charge in [0.2, 0.25) is 13.2 Å². The van der Waals surface area contributed by atoms with Gasteiger partial charge in [-0.15, -0.1) is 0 Å². The highest BCUT2D eigenvalue weighted by Gasteiger charge is 2.29. The molecule has 2 heterocycles. The third-order valence-electron chi connectivity index (χ3n) is 4.68. The number of nitrogens with two attached hydrogens (primary N) is 1. The summed E-state index contributed by atoms with van der Waals surface area (Å²) in [7, 11) is 0. The first-order valence-electron chi connectivity index (χ1n) is 8.98. The Morgan fingerprint density at radius 1 is 1.15 bits per heavy atom. The van der Waals surface area contributed by atoms with Crippen LogP contribution in [-0.4, -0.2) is 79.0 Å². The van der Waals surface area contributed by atoms with Crippen molar-refractivity contribution >= 4 is 18.2 Å². The van der Waals surface area contributed by atoms with Gasteiger partial charge in [-0.2, -0.15) is 0 Å². The second-order valence-electron chi connectivity index (χ2n) is 6.50. The first-order chi connectivity index (χ1) is 13.1. The van der Waals surface area contributed by atoms with E-state index in [9.17, 15) is 14.4 Å². The Hall–Kier alpha value is -2.65. The van der Waals surface area contributed by atoms with E-state index in [1.54, 1.807) is 0 Å². The SMILES string of the molecule is NCCCN(C=O)C(=O)C(=O)N1CCN(Cc2ccc3c(c2)OCO3)CC1. The molecular weight excluding hydrogens is 352 g/mol. The summed E-state index contributed by atoms with van der Waals surface area (Å²) >= 11 is 0. The maximum Gasteiger partial charge on any atom is 0.318 e. The Labute approximate surface area is 157 Å². The van der Waals surface area contributed by atoms with E-state index < -0.39 is 11.8 Å². The average Bonchev–Trinajstić information content (AvgIpc) is 3.16.